The van der Waals surface area contributed by atoms with Gasteiger partial charge in [-0.1, -0.05) is 11.6 Å². The number of piperidine rings is 1. The van der Waals surface area contributed by atoms with Gasteiger partial charge in [-0.2, -0.15) is 0 Å². The van der Waals surface area contributed by atoms with Gasteiger partial charge in [0.15, 0.2) is 5.17 Å². The normalized spacial score (nSPS) is 18.7. The Morgan fingerprint density at radius 1 is 1.23 bits per heavy atom. The molecular formula is C21H30ClFN6S. The van der Waals surface area contributed by atoms with Crippen LogP contribution in [0, 0.1) is 22.0 Å². The van der Waals surface area contributed by atoms with Crippen LogP contribution in [-0.4, -0.2) is 45.5 Å². The van der Waals surface area contributed by atoms with Crippen LogP contribution in [0.2, 0.25) is 5.02 Å². The lowest BCUT2D eigenvalue weighted by Gasteiger charge is -2.49. The molecule has 1 heterocycles. The molecule has 6 N–H and O–H groups in total. The third kappa shape index (κ3) is 5.62. The summed E-state index contributed by atoms with van der Waals surface area (Å²) < 4.78 is 14.5. The van der Waals surface area contributed by atoms with Crippen molar-refractivity contribution >= 4 is 45.4 Å². The molecule has 0 atom stereocenters. The van der Waals surface area contributed by atoms with E-state index in [1.807, 2.05) is 11.9 Å². The predicted octanol–water partition coefficient (Wildman–Crippen LogP) is 4.66. The summed E-state index contributed by atoms with van der Waals surface area (Å²) in [6, 6.07) is 2.66. The number of amidine groups is 1. The highest BCUT2D eigenvalue weighted by Gasteiger charge is 2.39. The average Bonchev–Trinajstić information content (AvgIpc) is 2.61. The van der Waals surface area contributed by atoms with Crippen LogP contribution in [0.1, 0.15) is 51.7 Å². The van der Waals surface area contributed by atoms with Gasteiger partial charge in [-0.15, -0.1) is 0 Å². The molecule has 1 fully saturated rings. The second kappa shape index (κ2) is 9.08. The van der Waals surface area contributed by atoms with Gasteiger partial charge in [-0.3, -0.25) is 10.8 Å². The Morgan fingerprint density at radius 3 is 2.30 bits per heavy atom. The average molecular weight is 453 g/mol. The van der Waals surface area contributed by atoms with Crippen LogP contribution in [0.5, 0.6) is 0 Å². The minimum atomic E-state index is -0.623. The number of allylic oxidation sites excluding steroid dienone is 1. The molecule has 1 saturated heterocycles. The van der Waals surface area contributed by atoms with Crippen LogP contribution >= 0.6 is 23.4 Å². The number of hydrogen-bond acceptors (Lipinski definition) is 6. The van der Waals surface area contributed by atoms with Gasteiger partial charge in [-0.25, -0.2) is 4.39 Å². The molecule has 2 rings (SSSR count). The number of hydrogen-bond donors (Lipinski definition) is 5. The van der Waals surface area contributed by atoms with Gasteiger partial charge in [0.1, 0.15) is 10.9 Å². The highest BCUT2D eigenvalue weighted by molar-refractivity contribution is 8.26. The van der Waals surface area contributed by atoms with Crippen molar-refractivity contribution in [1.82, 2.24) is 10.2 Å². The van der Waals surface area contributed by atoms with E-state index in [4.69, 9.17) is 33.6 Å². The first-order valence-corrected chi connectivity index (χ1v) is 10.8. The van der Waals surface area contributed by atoms with Crippen molar-refractivity contribution in [2.24, 2.45) is 5.73 Å². The minimum Gasteiger partial charge on any atom is -0.404 e. The molecule has 164 valence electrons. The van der Waals surface area contributed by atoms with Gasteiger partial charge < -0.3 is 21.4 Å². The zero-order valence-electron chi connectivity index (χ0n) is 18.0. The van der Waals surface area contributed by atoms with Crippen molar-refractivity contribution in [2.75, 3.05) is 7.05 Å². The van der Waals surface area contributed by atoms with Crippen LogP contribution in [0.4, 0.5) is 4.39 Å². The molecule has 9 heteroatoms. The first kappa shape index (κ1) is 24.4. The molecule has 0 saturated carbocycles. The molecule has 0 aliphatic carbocycles. The van der Waals surface area contributed by atoms with Crippen LogP contribution in [0.3, 0.4) is 0 Å². The molecule has 0 amide bonds. The fourth-order valence-electron chi connectivity index (χ4n) is 4.09. The van der Waals surface area contributed by atoms with E-state index in [1.54, 1.807) is 0 Å². The maximum absolute atomic E-state index is 14.5. The second-order valence-corrected chi connectivity index (χ2v) is 10.3. The molecule has 6 nitrogen and oxygen atoms in total. The van der Waals surface area contributed by atoms with Gasteiger partial charge >= 0.3 is 0 Å². The van der Waals surface area contributed by atoms with Gasteiger partial charge in [0, 0.05) is 53.3 Å². The highest BCUT2D eigenvalue weighted by Crippen LogP contribution is 2.33. The summed E-state index contributed by atoms with van der Waals surface area (Å²) in [5.74, 6) is -0.623. The summed E-state index contributed by atoms with van der Waals surface area (Å²) in [5, 5.41) is 28.2. The molecular weight excluding hydrogens is 423 g/mol. The van der Waals surface area contributed by atoms with Gasteiger partial charge in [0.25, 0.3) is 0 Å². The zero-order chi connectivity index (χ0) is 22.9. The summed E-state index contributed by atoms with van der Waals surface area (Å²) in [5.41, 5.74) is 5.81. The fraction of sp³-hybridized carbons (Fsp3) is 0.476. The fourth-order valence-corrected chi connectivity index (χ4v) is 5.17. The Bertz CT molecular complexity index is 880. The van der Waals surface area contributed by atoms with E-state index in [9.17, 15) is 4.39 Å². The van der Waals surface area contributed by atoms with Crippen LogP contribution in [-0.2, 0) is 0 Å². The Balaban J connectivity index is 2.18. The molecule has 1 aliphatic heterocycles. The lowest BCUT2D eigenvalue weighted by atomic mass is 9.79. The molecule has 0 spiro atoms. The first-order valence-electron chi connectivity index (χ1n) is 9.59. The van der Waals surface area contributed by atoms with Crippen molar-refractivity contribution in [2.45, 2.75) is 57.7 Å². The largest absolute Gasteiger partial charge is 0.404 e. The molecule has 0 radical (unpaired) electrons. The third-order valence-corrected chi connectivity index (χ3v) is 6.40. The van der Waals surface area contributed by atoms with Crippen molar-refractivity contribution in [3.63, 3.8) is 0 Å². The van der Waals surface area contributed by atoms with Crippen LogP contribution in [0.15, 0.2) is 18.3 Å². The maximum atomic E-state index is 14.5. The molecule has 0 unspecified atom stereocenters. The summed E-state index contributed by atoms with van der Waals surface area (Å²) >= 11 is 7.22. The van der Waals surface area contributed by atoms with E-state index in [-0.39, 0.29) is 49.1 Å². The molecule has 30 heavy (non-hydrogen) atoms. The van der Waals surface area contributed by atoms with E-state index in [0.717, 1.165) is 43.1 Å². The second-order valence-electron chi connectivity index (χ2n) is 8.88. The van der Waals surface area contributed by atoms with Crippen molar-refractivity contribution < 1.29 is 4.39 Å². The van der Waals surface area contributed by atoms with E-state index in [2.05, 4.69) is 33.0 Å². The van der Waals surface area contributed by atoms with Crippen molar-refractivity contribution in [3.05, 3.63) is 40.3 Å². The molecule has 0 bridgehead atoms. The van der Waals surface area contributed by atoms with Crippen LogP contribution in [0.25, 0.3) is 5.57 Å². The summed E-state index contributed by atoms with van der Waals surface area (Å²) in [7, 11) is 1.86. The summed E-state index contributed by atoms with van der Waals surface area (Å²) in [6.45, 7) is 8.60. The third-order valence-electron chi connectivity index (χ3n) is 5.18. The van der Waals surface area contributed by atoms with E-state index in [1.165, 1.54) is 6.07 Å². The quantitative estimate of drug-likeness (QED) is 0.337. The van der Waals surface area contributed by atoms with Crippen molar-refractivity contribution in [3.8, 4) is 0 Å². The zero-order valence-corrected chi connectivity index (χ0v) is 19.6. The standard InChI is InChI=1S/C21H30ClFN6S/c1-20(2)8-13(9-21(3,4)28-20)29(5)19(27)30-18(26)15-7-17(23)14(6-16(15)22)12(10-24)11-25/h6-7,10-11,13,24,26-28H,8-9,25H2,1-5H3/b12-11+,24-10?,26-18?,27-19?. The number of nitrogens with two attached hydrogens (primary N) is 1. The molecule has 1 aromatic carbocycles. The topological polar surface area (TPSA) is 113 Å². The van der Waals surface area contributed by atoms with E-state index < -0.39 is 5.82 Å². The van der Waals surface area contributed by atoms with Gasteiger partial charge in [-0.05, 0) is 64.4 Å². The lowest BCUT2D eigenvalue weighted by molar-refractivity contribution is 0.114. The number of thioether (sulfide) groups is 1. The SMILES string of the molecule is CN(C(=N)SC(=N)c1cc(F)c(/C(C=N)=C/N)cc1Cl)C1CC(C)(C)NC(C)(C)C1. The first-order chi connectivity index (χ1) is 13.8. The maximum Gasteiger partial charge on any atom is 0.162 e. The number of benzene rings is 1. The summed E-state index contributed by atoms with van der Waals surface area (Å²) in [4.78, 5) is 1.88. The highest BCUT2D eigenvalue weighted by atomic mass is 35.5. The van der Waals surface area contributed by atoms with Gasteiger partial charge in [0.2, 0.25) is 0 Å². The monoisotopic (exact) mass is 452 g/mol. The van der Waals surface area contributed by atoms with E-state index in [0.29, 0.717) is 0 Å². The Morgan fingerprint density at radius 2 is 1.80 bits per heavy atom. The predicted molar refractivity (Wildman–Crippen MR) is 127 cm³/mol. The smallest absolute Gasteiger partial charge is 0.162 e. The van der Waals surface area contributed by atoms with E-state index >= 15 is 0 Å². The van der Waals surface area contributed by atoms with Crippen molar-refractivity contribution in [1.29, 1.82) is 16.2 Å². The molecule has 0 aromatic heterocycles. The molecule has 1 aliphatic rings. The molecule has 1 aromatic rings. The minimum absolute atomic E-state index is 0.0112. The Kier molecular flexibility index (Phi) is 7.37. The number of nitrogens with one attached hydrogen (secondary N) is 4. The number of rotatable bonds is 4. The Labute approximate surface area is 187 Å². The number of nitrogens with zero attached hydrogens (tertiary/aromatic N) is 1. The summed E-state index contributed by atoms with van der Waals surface area (Å²) in [6.07, 6.45) is 3.81. The lowest BCUT2D eigenvalue weighted by Crippen LogP contribution is -2.62. The Hall–Kier alpha value is -1.90. The van der Waals surface area contributed by atoms with Gasteiger partial charge in [0.05, 0.1) is 5.02 Å². The number of halogens is 2. The van der Waals surface area contributed by atoms with Crippen LogP contribution < -0.4 is 11.1 Å².